The molecule has 1 aliphatic rings. The summed E-state index contributed by atoms with van der Waals surface area (Å²) in [5.74, 6) is 1.06. The Bertz CT molecular complexity index is 252. The second-order valence-electron chi connectivity index (χ2n) is 5.25. The maximum Gasteiger partial charge on any atom is 0.193 e. The molecule has 0 bridgehead atoms. The molecule has 1 fully saturated rings. The van der Waals surface area contributed by atoms with Crippen molar-refractivity contribution >= 4 is 5.96 Å². The van der Waals surface area contributed by atoms with Gasteiger partial charge < -0.3 is 15.1 Å². The Balaban J connectivity index is 2.48. The molecule has 1 N–H and O–H groups in total. The third-order valence-corrected chi connectivity index (χ3v) is 3.67. The van der Waals surface area contributed by atoms with E-state index < -0.39 is 0 Å². The lowest BCUT2D eigenvalue weighted by Crippen LogP contribution is -2.40. The Hall–Kier alpha value is -0.770. The molecule has 0 aromatic heterocycles. The van der Waals surface area contributed by atoms with Crippen LogP contribution in [0.2, 0.25) is 0 Å². The summed E-state index contributed by atoms with van der Waals surface area (Å²) in [6.07, 6.45) is 5.07. The fraction of sp³-hybridized carbons (Fsp3) is 0.929. The highest BCUT2D eigenvalue weighted by atomic mass is 15.3. The van der Waals surface area contributed by atoms with Gasteiger partial charge in [-0.25, -0.2) is 0 Å². The minimum Gasteiger partial charge on any atom is -0.357 e. The van der Waals surface area contributed by atoms with Crippen molar-refractivity contribution < 1.29 is 0 Å². The summed E-state index contributed by atoms with van der Waals surface area (Å²) in [4.78, 5) is 9.47. The van der Waals surface area contributed by atoms with Crippen LogP contribution >= 0.6 is 0 Å². The van der Waals surface area contributed by atoms with E-state index in [1.165, 1.54) is 32.2 Å². The lowest BCUT2D eigenvalue weighted by Gasteiger charge is -2.23. The van der Waals surface area contributed by atoms with Crippen LogP contribution in [-0.4, -0.2) is 62.1 Å². The molecular weight excluding hydrogens is 224 g/mol. The normalized spacial score (nSPS) is 21.3. The number of hydrogen-bond acceptors (Lipinski definition) is 2. The molecule has 18 heavy (non-hydrogen) atoms. The van der Waals surface area contributed by atoms with Crippen molar-refractivity contribution in [2.24, 2.45) is 4.99 Å². The summed E-state index contributed by atoms with van der Waals surface area (Å²) in [6, 6.07) is 0.637. The van der Waals surface area contributed by atoms with Crippen LogP contribution in [0, 0.1) is 0 Å². The smallest absolute Gasteiger partial charge is 0.193 e. The van der Waals surface area contributed by atoms with E-state index in [-0.39, 0.29) is 0 Å². The number of nitrogens with zero attached hydrogens (tertiary/aromatic N) is 3. The van der Waals surface area contributed by atoms with Crippen LogP contribution in [0.5, 0.6) is 0 Å². The highest BCUT2D eigenvalue weighted by Gasteiger charge is 2.20. The van der Waals surface area contributed by atoms with Gasteiger partial charge in [-0.2, -0.15) is 0 Å². The Morgan fingerprint density at radius 2 is 2.22 bits per heavy atom. The van der Waals surface area contributed by atoms with Gasteiger partial charge in [0.05, 0.1) is 6.54 Å². The predicted octanol–water partition coefficient (Wildman–Crippen LogP) is 1.78. The number of likely N-dealkylation sites (tertiary alicyclic amines) is 1. The molecule has 1 heterocycles. The Morgan fingerprint density at radius 1 is 1.44 bits per heavy atom. The van der Waals surface area contributed by atoms with Gasteiger partial charge >= 0.3 is 0 Å². The van der Waals surface area contributed by atoms with E-state index in [2.05, 4.69) is 43.1 Å². The number of guanidine groups is 1. The first kappa shape index (κ1) is 15.3. The third kappa shape index (κ3) is 4.84. The largest absolute Gasteiger partial charge is 0.357 e. The lowest BCUT2D eigenvalue weighted by molar-refractivity contribution is 0.316. The van der Waals surface area contributed by atoms with E-state index in [1.807, 2.05) is 0 Å². The molecular formula is C14H30N4. The molecule has 1 saturated heterocycles. The fourth-order valence-corrected chi connectivity index (χ4v) is 2.37. The predicted molar refractivity (Wildman–Crippen MR) is 79.2 cm³/mol. The van der Waals surface area contributed by atoms with E-state index in [1.54, 1.807) is 0 Å². The van der Waals surface area contributed by atoms with Crippen LogP contribution in [0.1, 0.15) is 39.5 Å². The van der Waals surface area contributed by atoms with Crippen LogP contribution in [0.3, 0.4) is 0 Å². The van der Waals surface area contributed by atoms with Crippen molar-refractivity contribution in [2.45, 2.75) is 45.6 Å². The summed E-state index contributed by atoms with van der Waals surface area (Å²) in [5, 5.41) is 3.39. The number of rotatable bonds is 6. The molecule has 0 spiro atoms. The fourth-order valence-electron chi connectivity index (χ4n) is 2.37. The van der Waals surface area contributed by atoms with Crippen LogP contribution in [0.15, 0.2) is 4.99 Å². The minimum atomic E-state index is 0.637. The molecule has 106 valence electrons. The van der Waals surface area contributed by atoms with Gasteiger partial charge in [0.25, 0.3) is 0 Å². The van der Waals surface area contributed by atoms with Gasteiger partial charge in [-0.1, -0.05) is 13.3 Å². The molecule has 0 saturated carbocycles. The molecule has 0 aromatic carbocycles. The van der Waals surface area contributed by atoms with E-state index in [0.717, 1.165) is 25.6 Å². The second kappa shape index (κ2) is 8.35. The highest BCUT2D eigenvalue weighted by Crippen LogP contribution is 2.14. The average Bonchev–Trinajstić information content (AvgIpc) is 2.77. The standard InChI is InChI=1S/C14H30N4/c1-5-7-10-18(4)14(15-6-2)16-12-13-9-8-11-17(13)3/h13H,5-12H2,1-4H3,(H,15,16). The van der Waals surface area contributed by atoms with Gasteiger partial charge in [-0.15, -0.1) is 0 Å². The minimum absolute atomic E-state index is 0.637. The van der Waals surface area contributed by atoms with E-state index in [4.69, 9.17) is 4.99 Å². The van der Waals surface area contributed by atoms with Crippen LogP contribution < -0.4 is 5.32 Å². The number of hydrogen-bond donors (Lipinski definition) is 1. The van der Waals surface area contributed by atoms with Crippen LogP contribution in [0.25, 0.3) is 0 Å². The van der Waals surface area contributed by atoms with Gasteiger partial charge in [-0.3, -0.25) is 4.99 Å². The van der Waals surface area contributed by atoms with Crippen molar-refractivity contribution in [3.63, 3.8) is 0 Å². The van der Waals surface area contributed by atoms with Crippen molar-refractivity contribution in [2.75, 3.05) is 40.3 Å². The molecule has 0 amide bonds. The second-order valence-corrected chi connectivity index (χ2v) is 5.25. The summed E-state index contributed by atoms with van der Waals surface area (Å²) in [5.41, 5.74) is 0. The summed E-state index contributed by atoms with van der Waals surface area (Å²) >= 11 is 0. The molecule has 1 aliphatic heterocycles. The van der Waals surface area contributed by atoms with E-state index >= 15 is 0 Å². The Labute approximate surface area is 112 Å². The number of unbranched alkanes of at least 4 members (excludes halogenated alkanes) is 1. The molecule has 1 unspecified atom stereocenters. The molecule has 0 aromatic rings. The number of nitrogens with one attached hydrogen (secondary N) is 1. The number of likely N-dealkylation sites (N-methyl/N-ethyl adjacent to an activating group) is 1. The van der Waals surface area contributed by atoms with Crippen molar-refractivity contribution in [3.8, 4) is 0 Å². The maximum atomic E-state index is 4.79. The zero-order valence-corrected chi connectivity index (χ0v) is 12.6. The van der Waals surface area contributed by atoms with Gasteiger partial charge in [0, 0.05) is 26.2 Å². The topological polar surface area (TPSA) is 30.9 Å². The van der Waals surface area contributed by atoms with Crippen molar-refractivity contribution in [3.05, 3.63) is 0 Å². The first-order chi connectivity index (χ1) is 8.69. The quantitative estimate of drug-likeness (QED) is 0.579. The van der Waals surface area contributed by atoms with Crippen LogP contribution in [0.4, 0.5) is 0 Å². The Morgan fingerprint density at radius 3 is 2.78 bits per heavy atom. The number of aliphatic imine (C=N–C) groups is 1. The zero-order chi connectivity index (χ0) is 13.4. The SMILES string of the molecule is CCCCN(C)C(=NCC1CCCN1C)NCC. The van der Waals surface area contributed by atoms with E-state index in [9.17, 15) is 0 Å². The zero-order valence-electron chi connectivity index (χ0n) is 12.6. The maximum absolute atomic E-state index is 4.79. The van der Waals surface area contributed by atoms with Gasteiger partial charge in [-0.05, 0) is 39.8 Å². The monoisotopic (exact) mass is 254 g/mol. The summed E-state index contributed by atoms with van der Waals surface area (Å²) < 4.78 is 0. The van der Waals surface area contributed by atoms with Gasteiger partial charge in [0.2, 0.25) is 0 Å². The third-order valence-electron chi connectivity index (χ3n) is 3.67. The van der Waals surface area contributed by atoms with Gasteiger partial charge in [0.1, 0.15) is 0 Å². The molecule has 1 atom stereocenters. The average molecular weight is 254 g/mol. The summed E-state index contributed by atoms with van der Waals surface area (Å²) in [7, 11) is 4.34. The van der Waals surface area contributed by atoms with E-state index in [0.29, 0.717) is 6.04 Å². The molecule has 0 radical (unpaired) electrons. The molecule has 4 nitrogen and oxygen atoms in total. The van der Waals surface area contributed by atoms with Crippen molar-refractivity contribution in [1.82, 2.24) is 15.1 Å². The first-order valence-electron chi connectivity index (χ1n) is 7.38. The lowest BCUT2D eigenvalue weighted by atomic mass is 10.2. The molecule has 0 aliphatic carbocycles. The first-order valence-corrected chi connectivity index (χ1v) is 7.38. The van der Waals surface area contributed by atoms with Crippen LogP contribution in [-0.2, 0) is 0 Å². The Kier molecular flexibility index (Phi) is 7.09. The summed E-state index contributed by atoms with van der Waals surface area (Å²) in [6.45, 7) is 8.53. The van der Waals surface area contributed by atoms with Crippen molar-refractivity contribution in [1.29, 1.82) is 0 Å². The van der Waals surface area contributed by atoms with Gasteiger partial charge in [0.15, 0.2) is 5.96 Å². The molecule has 1 rings (SSSR count). The highest BCUT2D eigenvalue weighted by molar-refractivity contribution is 5.79. The molecule has 4 heteroatoms.